The molecular weight excluding hydrogens is 565 g/mol. The van der Waals surface area contributed by atoms with Gasteiger partial charge in [-0.25, -0.2) is 9.69 Å². The maximum absolute atomic E-state index is 13.2. The normalized spacial score (nSPS) is 13.1. The molecule has 3 amide bonds. The predicted molar refractivity (Wildman–Crippen MR) is 151 cm³/mol. The number of benzene rings is 3. The van der Waals surface area contributed by atoms with Crippen LogP contribution in [0.1, 0.15) is 40.5 Å². The number of hydrogen-bond donors (Lipinski definition) is 2. The number of carbonyl (C=O) groups excluding carboxylic acids is 4. The number of nitrogens with zero attached hydrogens (tertiary/aromatic N) is 1. The van der Waals surface area contributed by atoms with E-state index < -0.39 is 23.7 Å². The Morgan fingerprint density at radius 3 is 2.33 bits per heavy atom. The molecule has 0 saturated carbocycles. The van der Waals surface area contributed by atoms with E-state index in [1.54, 1.807) is 36.4 Å². The molecule has 0 aliphatic carbocycles. The van der Waals surface area contributed by atoms with Gasteiger partial charge in [0.25, 0.3) is 17.7 Å². The van der Waals surface area contributed by atoms with E-state index in [4.69, 9.17) is 39.5 Å². The molecule has 3 aromatic rings. The number of unbranched alkanes of at least 4 members (excludes halogenated alkanes) is 1. The summed E-state index contributed by atoms with van der Waals surface area (Å²) < 4.78 is 5.18. The molecule has 0 fully saturated rings. The van der Waals surface area contributed by atoms with Crippen molar-refractivity contribution in [3.8, 4) is 0 Å². The van der Waals surface area contributed by atoms with Gasteiger partial charge in [-0.05, 0) is 61.0 Å². The quantitative estimate of drug-likeness (QED) is 0.165. The van der Waals surface area contributed by atoms with Crippen LogP contribution in [0.2, 0.25) is 10.0 Å². The zero-order valence-corrected chi connectivity index (χ0v) is 22.9. The number of carbonyl (C=O) groups is 4. The van der Waals surface area contributed by atoms with Crippen LogP contribution in [0.3, 0.4) is 0 Å². The van der Waals surface area contributed by atoms with Crippen molar-refractivity contribution in [3.05, 3.63) is 98.6 Å². The lowest BCUT2D eigenvalue weighted by atomic mass is 10.1. The van der Waals surface area contributed by atoms with Crippen molar-refractivity contribution >= 4 is 75.6 Å². The van der Waals surface area contributed by atoms with Gasteiger partial charge in [-0.15, -0.1) is 0 Å². The predicted octanol–water partition coefficient (Wildman–Crippen LogP) is 6.64. The Balaban J connectivity index is 1.47. The molecule has 4 rings (SSSR count). The van der Waals surface area contributed by atoms with Crippen molar-refractivity contribution in [2.45, 2.75) is 19.8 Å². The molecule has 11 heteroatoms. The van der Waals surface area contributed by atoms with E-state index >= 15 is 0 Å². The summed E-state index contributed by atoms with van der Waals surface area (Å²) in [6, 6.07) is 17.0. The second-order valence-electron chi connectivity index (χ2n) is 8.43. The molecule has 8 nitrogen and oxygen atoms in total. The number of esters is 1. The van der Waals surface area contributed by atoms with E-state index in [1.807, 2.05) is 6.92 Å². The third-order valence-electron chi connectivity index (χ3n) is 5.71. The smallest absolute Gasteiger partial charge is 0.338 e. The van der Waals surface area contributed by atoms with Crippen molar-refractivity contribution in [3.63, 3.8) is 0 Å². The second-order valence-corrected chi connectivity index (χ2v) is 9.60. The molecule has 200 valence electrons. The summed E-state index contributed by atoms with van der Waals surface area (Å²) >= 11 is 18.4. The average molecular weight is 587 g/mol. The van der Waals surface area contributed by atoms with Crippen LogP contribution in [0.4, 0.5) is 17.1 Å². The minimum absolute atomic E-state index is 0.153. The highest BCUT2D eigenvalue weighted by Gasteiger charge is 2.39. The van der Waals surface area contributed by atoms with E-state index in [1.165, 1.54) is 30.3 Å². The lowest BCUT2D eigenvalue weighted by Crippen LogP contribution is -2.32. The SMILES string of the molecule is CCCCOC(=O)c1ccc(N2C(=O)C(Cl)=C(Nc3cccc(C(=O)Nc4cccc(Cl)c4Cl)c3)C2=O)cc1. The Morgan fingerprint density at radius 1 is 0.897 bits per heavy atom. The van der Waals surface area contributed by atoms with Gasteiger partial charge < -0.3 is 15.4 Å². The number of imide groups is 1. The fourth-order valence-electron chi connectivity index (χ4n) is 3.66. The van der Waals surface area contributed by atoms with Crippen LogP contribution in [-0.4, -0.2) is 30.3 Å². The molecule has 0 saturated heterocycles. The van der Waals surface area contributed by atoms with Gasteiger partial charge in [0.15, 0.2) is 0 Å². The fourth-order valence-corrected chi connectivity index (χ4v) is 4.22. The van der Waals surface area contributed by atoms with Crippen molar-refractivity contribution in [1.82, 2.24) is 0 Å². The summed E-state index contributed by atoms with van der Waals surface area (Å²) in [4.78, 5) is 51.8. The largest absolute Gasteiger partial charge is 0.462 e. The van der Waals surface area contributed by atoms with Crippen molar-refractivity contribution in [2.75, 3.05) is 22.1 Å². The first-order chi connectivity index (χ1) is 18.7. The zero-order chi connectivity index (χ0) is 28.1. The number of rotatable bonds is 9. The molecule has 39 heavy (non-hydrogen) atoms. The van der Waals surface area contributed by atoms with Gasteiger partial charge in [-0.2, -0.15) is 0 Å². The van der Waals surface area contributed by atoms with Gasteiger partial charge in [0.05, 0.1) is 33.6 Å². The van der Waals surface area contributed by atoms with Crippen LogP contribution in [-0.2, 0) is 14.3 Å². The number of amides is 3. The van der Waals surface area contributed by atoms with Gasteiger partial charge in [0.2, 0.25) is 0 Å². The molecule has 1 aliphatic heterocycles. The number of nitrogens with one attached hydrogen (secondary N) is 2. The standard InChI is InChI=1S/C28H22Cl3N3O5/c1-2-3-14-39-28(38)16-10-12-19(13-11-16)34-26(36)23(31)24(27(34)37)32-18-7-4-6-17(15-18)25(35)33-21-9-5-8-20(29)22(21)30/h4-13,15,32H,2-3,14H2,1H3,(H,33,35). The van der Waals surface area contributed by atoms with Crippen LogP contribution in [0.15, 0.2) is 77.5 Å². The maximum atomic E-state index is 13.2. The Morgan fingerprint density at radius 2 is 1.62 bits per heavy atom. The molecule has 0 spiro atoms. The number of halogens is 3. The van der Waals surface area contributed by atoms with Crippen LogP contribution in [0, 0.1) is 0 Å². The van der Waals surface area contributed by atoms with E-state index in [0.717, 1.165) is 17.7 Å². The molecule has 1 aliphatic rings. The van der Waals surface area contributed by atoms with Crippen LogP contribution in [0.25, 0.3) is 0 Å². The third kappa shape index (κ3) is 6.25. The minimum atomic E-state index is -0.730. The lowest BCUT2D eigenvalue weighted by molar-refractivity contribution is -0.120. The monoisotopic (exact) mass is 585 g/mol. The number of anilines is 3. The van der Waals surface area contributed by atoms with E-state index in [-0.39, 0.29) is 27.0 Å². The molecule has 0 unspecified atom stereocenters. The molecule has 1 heterocycles. The molecule has 0 radical (unpaired) electrons. The first-order valence-corrected chi connectivity index (χ1v) is 13.0. The average Bonchev–Trinajstić information content (AvgIpc) is 3.14. The minimum Gasteiger partial charge on any atom is -0.462 e. The highest BCUT2D eigenvalue weighted by Crippen LogP contribution is 2.32. The van der Waals surface area contributed by atoms with E-state index in [9.17, 15) is 19.2 Å². The number of ether oxygens (including phenoxy) is 1. The molecule has 0 aromatic heterocycles. The summed E-state index contributed by atoms with van der Waals surface area (Å²) in [6.45, 7) is 2.30. The summed E-state index contributed by atoms with van der Waals surface area (Å²) in [5.41, 5.74) is 1.31. The van der Waals surface area contributed by atoms with Crippen LogP contribution < -0.4 is 15.5 Å². The fraction of sp³-hybridized carbons (Fsp3) is 0.143. The summed E-state index contributed by atoms with van der Waals surface area (Å²) in [6.07, 6.45) is 1.65. The zero-order valence-electron chi connectivity index (χ0n) is 20.6. The molecule has 2 N–H and O–H groups in total. The van der Waals surface area contributed by atoms with Gasteiger partial charge in [0, 0.05) is 11.3 Å². The van der Waals surface area contributed by atoms with Gasteiger partial charge in [0.1, 0.15) is 10.7 Å². The number of hydrogen-bond acceptors (Lipinski definition) is 6. The van der Waals surface area contributed by atoms with Crippen LogP contribution >= 0.6 is 34.8 Å². The summed E-state index contributed by atoms with van der Waals surface area (Å²) in [5, 5.41) is 5.71. The highest BCUT2D eigenvalue weighted by molar-refractivity contribution is 6.53. The Bertz CT molecular complexity index is 1490. The van der Waals surface area contributed by atoms with Crippen molar-refractivity contribution in [1.29, 1.82) is 0 Å². The third-order valence-corrected chi connectivity index (χ3v) is 6.88. The lowest BCUT2D eigenvalue weighted by Gasteiger charge is -2.16. The Labute approximate surface area is 239 Å². The topological polar surface area (TPSA) is 105 Å². The summed E-state index contributed by atoms with van der Waals surface area (Å²) in [5.74, 6) is -2.38. The first kappa shape index (κ1) is 28.2. The Kier molecular flexibility index (Phi) is 8.91. The van der Waals surface area contributed by atoms with E-state index in [2.05, 4.69) is 10.6 Å². The Hall–Kier alpha value is -3.85. The van der Waals surface area contributed by atoms with Gasteiger partial charge in [-0.3, -0.25) is 14.4 Å². The van der Waals surface area contributed by atoms with Gasteiger partial charge in [-0.1, -0.05) is 60.3 Å². The molecular formula is C28H22Cl3N3O5. The van der Waals surface area contributed by atoms with Gasteiger partial charge >= 0.3 is 5.97 Å². The van der Waals surface area contributed by atoms with E-state index in [0.29, 0.717) is 28.6 Å². The van der Waals surface area contributed by atoms with Crippen LogP contribution in [0.5, 0.6) is 0 Å². The molecule has 3 aromatic carbocycles. The molecule has 0 bridgehead atoms. The molecule has 0 atom stereocenters. The van der Waals surface area contributed by atoms with Crippen molar-refractivity contribution in [2.24, 2.45) is 0 Å². The second kappa shape index (κ2) is 12.3. The highest BCUT2D eigenvalue weighted by atomic mass is 35.5. The first-order valence-electron chi connectivity index (χ1n) is 11.9. The maximum Gasteiger partial charge on any atom is 0.338 e. The summed E-state index contributed by atoms with van der Waals surface area (Å²) in [7, 11) is 0. The van der Waals surface area contributed by atoms with Crippen molar-refractivity contribution < 1.29 is 23.9 Å².